The van der Waals surface area contributed by atoms with Gasteiger partial charge in [-0.1, -0.05) is 37.5 Å². The molecule has 0 aliphatic heterocycles. The molecule has 4 nitrogen and oxygen atoms in total. The summed E-state index contributed by atoms with van der Waals surface area (Å²) in [5, 5.41) is 5.98. The number of hydrogen-bond acceptors (Lipinski definition) is 3. The van der Waals surface area contributed by atoms with Gasteiger partial charge in [-0.05, 0) is 26.0 Å². The van der Waals surface area contributed by atoms with Gasteiger partial charge < -0.3 is 5.73 Å². The van der Waals surface area contributed by atoms with E-state index in [0.29, 0.717) is 0 Å². The van der Waals surface area contributed by atoms with E-state index in [2.05, 4.69) is 36.2 Å². The summed E-state index contributed by atoms with van der Waals surface area (Å²) < 4.78 is 1.98. The third kappa shape index (κ3) is 2.58. The summed E-state index contributed by atoms with van der Waals surface area (Å²) in [6.07, 6.45) is 6.37. The Kier molecular flexibility index (Phi) is 4.00. The molecule has 1 aromatic heterocycles. The van der Waals surface area contributed by atoms with Crippen LogP contribution >= 0.6 is 0 Å². The number of aromatic nitrogens is 2. The van der Waals surface area contributed by atoms with Gasteiger partial charge in [0.25, 0.3) is 0 Å². The number of likely N-dealkylation sites (N-methyl/N-ethyl adjacent to an activating group) is 1. The Morgan fingerprint density at radius 3 is 2.67 bits per heavy atom. The minimum atomic E-state index is 0.164. The van der Waals surface area contributed by atoms with E-state index in [0.717, 1.165) is 18.8 Å². The van der Waals surface area contributed by atoms with Crippen molar-refractivity contribution in [3.05, 3.63) is 30.0 Å². The van der Waals surface area contributed by atoms with Crippen molar-refractivity contribution in [2.45, 2.75) is 44.2 Å². The number of para-hydroxylation sites is 1. The molecule has 21 heavy (non-hydrogen) atoms. The molecule has 0 bridgehead atoms. The van der Waals surface area contributed by atoms with Gasteiger partial charge in [-0.25, -0.2) is 0 Å². The normalized spacial score (nSPS) is 18.5. The molecule has 1 aromatic carbocycles. The standard InChI is InChI=1S/C17H26N4/c1-20(17(13-18)10-6-3-7-11-17)12-15-14-8-4-5-9-16(14)21(2)19-15/h4-5,8-9H,3,6-7,10-13,18H2,1-2H3. The number of hydrogen-bond donors (Lipinski definition) is 1. The molecule has 0 unspecified atom stereocenters. The largest absolute Gasteiger partial charge is 0.329 e. The Balaban J connectivity index is 1.87. The molecular weight excluding hydrogens is 260 g/mol. The number of nitrogens with zero attached hydrogens (tertiary/aromatic N) is 3. The van der Waals surface area contributed by atoms with Crippen molar-refractivity contribution in [2.75, 3.05) is 13.6 Å². The second-order valence-electron chi connectivity index (χ2n) is 6.43. The van der Waals surface area contributed by atoms with Crippen molar-refractivity contribution in [2.24, 2.45) is 12.8 Å². The van der Waals surface area contributed by atoms with Gasteiger partial charge in [0, 0.05) is 31.1 Å². The van der Waals surface area contributed by atoms with E-state index < -0.39 is 0 Å². The van der Waals surface area contributed by atoms with Crippen LogP contribution in [0.3, 0.4) is 0 Å². The Morgan fingerprint density at radius 2 is 1.95 bits per heavy atom. The Labute approximate surface area is 126 Å². The van der Waals surface area contributed by atoms with Crippen molar-refractivity contribution in [1.82, 2.24) is 14.7 Å². The van der Waals surface area contributed by atoms with Crippen LogP contribution in [0.1, 0.15) is 37.8 Å². The summed E-state index contributed by atoms with van der Waals surface area (Å²) in [5.41, 5.74) is 8.67. The Morgan fingerprint density at radius 1 is 1.24 bits per heavy atom. The van der Waals surface area contributed by atoms with Crippen molar-refractivity contribution in [3.63, 3.8) is 0 Å². The molecule has 2 aromatic rings. The van der Waals surface area contributed by atoms with Gasteiger partial charge in [0.05, 0.1) is 11.2 Å². The summed E-state index contributed by atoms with van der Waals surface area (Å²) in [7, 11) is 4.23. The van der Waals surface area contributed by atoms with Crippen LogP contribution in [0.5, 0.6) is 0 Å². The second kappa shape index (κ2) is 5.78. The lowest BCUT2D eigenvalue weighted by Crippen LogP contribution is -2.52. The predicted octanol–water partition coefficient (Wildman–Crippen LogP) is 2.67. The average Bonchev–Trinajstić information content (AvgIpc) is 2.85. The van der Waals surface area contributed by atoms with Crippen LogP contribution in [-0.2, 0) is 13.6 Å². The molecule has 1 fully saturated rings. The van der Waals surface area contributed by atoms with Crippen LogP contribution in [0.2, 0.25) is 0 Å². The first-order valence-electron chi connectivity index (χ1n) is 7.98. The minimum absolute atomic E-state index is 0.164. The first kappa shape index (κ1) is 14.5. The van der Waals surface area contributed by atoms with Crippen LogP contribution in [0, 0.1) is 0 Å². The highest BCUT2D eigenvalue weighted by Gasteiger charge is 2.35. The topological polar surface area (TPSA) is 47.1 Å². The molecule has 1 heterocycles. The van der Waals surface area contributed by atoms with Gasteiger partial charge in [0.1, 0.15) is 0 Å². The molecule has 0 radical (unpaired) electrons. The third-order valence-electron chi connectivity index (χ3n) is 5.20. The zero-order chi connectivity index (χ0) is 14.9. The van der Waals surface area contributed by atoms with E-state index >= 15 is 0 Å². The molecule has 0 spiro atoms. The van der Waals surface area contributed by atoms with Gasteiger partial charge in [0.2, 0.25) is 0 Å². The predicted molar refractivity (Wildman–Crippen MR) is 87.1 cm³/mol. The molecule has 3 rings (SSSR count). The quantitative estimate of drug-likeness (QED) is 0.940. The van der Waals surface area contributed by atoms with Gasteiger partial charge in [-0.3, -0.25) is 9.58 Å². The minimum Gasteiger partial charge on any atom is -0.329 e. The summed E-state index contributed by atoms with van der Waals surface area (Å²) in [6, 6.07) is 8.46. The molecule has 1 saturated carbocycles. The number of nitrogens with two attached hydrogens (primary N) is 1. The molecular formula is C17H26N4. The van der Waals surface area contributed by atoms with E-state index in [4.69, 9.17) is 10.8 Å². The van der Waals surface area contributed by atoms with E-state index in [1.165, 1.54) is 43.0 Å². The fourth-order valence-corrected chi connectivity index (χ4v) is 3.75. The van der Waals surface area contributed by atoms with Crippen LogP contribution in [0.4, 0.5) is 0 Å². The van der Waals surface area contributed by atoms with Crippen molar-refractivity contribution < 1.29 is 0 Å². The zero-order valence-corrected chi connectivity index (χ0v) is 13.2. The van der Waals surface area contributed by atoms with E-state index in [1.54, 1.807) is 0 Å². The van der Waals surface area contributed by atoms with Crippen molar-refractivity contribution >= 4 is 10.9 Å². The van der Waals surface area contributed by atoms with E-state index in [9.17, 15) is 0 Å². The second-order valence-corrected chi connectivity index (χ2v) is 6.43. The van der Waals surface area contributed by atoms with Crippen LogP contribution in [0.15, 0.2) is 24.3 Å². The fourth-order valence-electron chi connectivity index (χ4n) is 3.75. The highest BCUT2D eigenvalue weighted by Crippen LogP contribution is 2.33. The number of aryl methyl sites for hydroxylation is 1. The molecule has 0 amide bonds. The van der Waals surface area contributed by atoms with E-state index in [1.807, 2.05) is 11.7 Å². The maximum Gasteiger partial charge on any atom is 0.0843 e. The third-order valence-corrected chi connectivity index (χ3v) is 5.20. The monoisotopic (exact) mass is 286 g/mol. The lowest BCUT2D eigenvalue weighted by molar-refractivity contribution is 0.0749. The zero-order valence-electron chi connectivity index (χ0n) is 13.2. The maximum atomic E-state index is 6.14. The lowest BCUT2D eigenvalue weighted by Gasteiger charge is -2.44. The average molecular weight is 286 g/mol. The van der Waals surface area contributed by atoms with Crippen molar-refractivity contribution in [3.8, 4) is 0 Å². The highest BCUT2D eigenvalue weighted by atomic mass is 15.3. The number of rotatable bonds is 4. The molecule has 1 aliphatic rings. The fraction of sp³-hybridized carbons (Fsp3) is 0.588. The lowest BCUT2D eigenvalue weighted by atomic mass is 9.80. The molecule has 0 saturated heterocycles. The molecule has 4 heteroatoms. The Bertz CT molecular complexity index is 610. The van der Waals surface area contributed by atoms with Crippen LogP contribution < -0.4 is 5.73 Å². The molecule has 2 N–H and O–H groups in total. The number of fused-ring (bicyclic) bond motifs is 1. The maximum absolute atomic E-state index is 6.14. The summed E-state index contributed by atoms with van der Waals surface area (Å²) in [4.78, 5) is 2.45. The number of benzene rings is 1. The highest BCUT2D eigenvalue weighted by molar-refractivity contribution is 5.81. The van der Waals surface area contributed by atoms with Gasteiger partial charge in [0.15, 0.2) is 0 Å². The molecule has 0 atom stereocenters. The summed E-state index contributed by atoms with van der Waals surface area (Å²) in [5.74, 6) is 0. The first-order valence-corrected chi connectivity index (χ1v) is 7.98. The summed E-state index contributed by atoms with van der Waals surface area (Å²) >= 11 is 0. The van der Waals surface area contributed by atoms with Crippen molar-refractivity contribution in [1.29, 1.82) is 0 Å². The molecule has 1 aliphatic carbocycles. The molecule has 114 valence electrons. The van der Waals surface area contributed by atoms with Crippen LogP contribution in [-0.4, -0.2) is 33.8 Å². The van der Waals surface area contributed by atoms with Gasteiger partial charge >= 0.3 is 0 Å². The Hall–Kier alpha value is -1.39. The summed E-state index contributed by atoms with van der Waals surface area (Å²) in [6.45, 7) is 1.62. The SMILES string of the molecule is CN(Cc1nn(C)c2ccccc12)C1(CN)CCCCC1. The smallest absolute Gasteiger partial charge is 0.0843 e. The van der Waals surface area contributed by atoms with Crippen LogP contribution in [0.25, 0.3) is 10.9 Å². The van der Waals surface area contributed by atoms with Gasteiger partial charge in [-0.15, -0.1) is 0 Å². The first-order chi connectivity index (χ1) is 10.2. The van der Waals surface area contributed by atoms with E-state index in [-0.39, 0.29) is 5.54 Å². The van der Waals surface area contributed by atoms with Gasteiger partial charge in [-0.2, -0.15) is 5.10 Å².